The summed E-state index contributed by atoms with van der Waals surface area (Å²) in [6.45, 7) is 4.34. The molecule has 3 aliphatic rings. The van der Waals surface area contributed by atoms with Crippen molar-refractivity contribution in [1.82, 2.24) is 9.80 Å². The van der Waals surface area contributed by atoms with Crippen molar-refractivity contribution in [2.45, 2.75) is 69.4 Å². The molecule has 1 saturated carbocycles. The van der Waals surface area contributed by atoms with Crippen LogP contribution < -0.4 is 5.73 Å². The number of carbonyl (C=O) groups excluding carboxylic acids is 1. The predicted octanol–water partition coefficient (Wildman–Crippen LogP) is 1.73. The maximum Gasteiger partial charge on any atom is 0.224 e. The molecule has 2 heterocycles. The minimum atomic E-state index is -0.197. The summed E-state index contributed by atoms with van der Waals surface area (Å²) in [6.07, 6.45) is 10.1. The summed E-state index contributed by atoms with van der Waals surface area (Å²) >= 11 is 0. The minimum absolute atomic E-state index is 0.197. The van der Waals surface area contributed by atoms with Crippen molar-refractivity contribution in [2.24, 2.45) is 5.73 Å². The quantitative estimate of drug-likeness (QED) is 0.856. The third kappa shape index (κ3) is 3.17. The van der Waals surface area contributed by atoms with Crippen LogP contribution in [0.4, 0.5) is 0 Å². The maximum atomic E-state index is 12.5. The molecule has 0 bridgehead atoms. The van der Waals surface area contributed by atoms with Crippen LogP contribution in [-0.4, -0.2) is 53.5 Å². The van der Waals surface area contributed by atoms with Crippen LogP contribution in [0.5, 0.6) is 0 Å². The van der Waals surface area contributed by atoms with Gasteiger partial charge in [-0.3, -0.25) is 9.69 Å². The smallest absolute Gasteiger partial charge is 0.224 e. The second-order valence-electron chi connectivity index (χ2n) is 7.13. The van der Waals surface area contributed by atoms with Crippen LogP contribution in [0.3, 0.4) is 0 Å². The van der Waals surface area contributed by atoms with E-state index in [-0.39, 0.29) is 5.54 Å². The van der Waals surface area contributed by atoms with Crippen molar-refractivity contribution in [3.63, 3.8) is 0 Å². The Hall–Kier alpha value is -0.610. The number of likely N-dealkylation sites (tertiary alicyclic amines) is 2. The van der Waals surface area contributed by atoms with Gasteiger partial charge in [0.1, 0.15) is 0 Å². The lowest BCUT2D eigenvalue weighted by molar-refractivity contribution is -0.134. The molecule has 114 valence electrons. The number of amides is 1. The fourth-order valence-corrected chi connectivity index (χ4v) is 4.25. The van der Waals surface area contributed by atoms with Crippen molar-refractivity contribution < 1.29 is 4.79 Å². The van der Waals surface area contributed by atoms with E-state index < -0.39 is 0 Å². The van der Waals surface area contributed by atoms with Gasteiger partial charge < -0.3 is 10.6 Å². The van der Waals surface area contributed by atoms with E-state index in [4.69, 9.17) is 5.73 Å². The number of hydrogen-bond donors (Lipinski definition) is 1. The van der Waals surface area contributed by atoms with Gasteiger partial charge in [0.15, 0.2) is 0 Å². The molecule has 1 unspecified atom stereocenters. The topological polar surface area (TPSA) is 49.6 Å². The zero-order valence-electron chi connectivity index (χ0n) is 12.6. The van der Waals surface area contributed by atoms with Crippen molar-refractivity contribution in [2.75, 3.05) is 26.2 Å². The maximum absolute atomic E-state index is 12.5. The number of carbonyl (C=O) groups is 1. The van der Waals surface area contributed by atoms with Gasteiger partial charge in [0.2, 0.25) is 5.91 Å². The highest BCUT2D eigenvalue weighted by Crippen LogP contribution is 2.31. The van der Waals surface area contributed by atoms with Crippen molar-refractivity contribution in [3.8, 4) is 0 Å². The Kier molecular flexibility index (Phi) is 4.32. The van der Waals surface area contributed by atoms with Gasteiger partial charge in [-0.1, -0.05) is 12.8 Å². The van der Waals surface area contributed by atoms with Gasteiger partial charge >= 0.3 is 0 Å². The summed E-state index contributed by atoms with van der Waals surface area (Å²) in [5.41, 5.74) is 6.17. The first-order chi connectivity index (χ1) is 9.66. The van der Waals surface area contributed by atoms with Gasteiger partial charge in [-0.25, -0.2) is 0 Å². The van der Waals surface area contributed by atoms with Crippen molar-refractivity contribution >= 4 is 5.91 Å². The molecule has 1 atom stereocenters. The molecular weight excluding hydrogens is 250 g/mol. The third-order valence-electron chi connectivity index (χ3n) is 5.51. The van der Waals surface area contributed by atoms with Gasteiger partial charge in [0.05, 0.1) is 0 Å². The minimum Gasteiger partial charge on any atom is -0.341 e. The van der Waals surface area contributed by atoms with Crippen LogP contribution in [0.15, 0.2) is 0 Å². The fraction of sp³-hybridized carbons (Fsp3) is 0.938. The number of rotatable bonds is 3. The molecule has 1 amide bonds. The average Bonchev–Trinajstić information content (AvgIpc) is 3.10. The highest BCUT2D eigenvalue weighted by molar-refractivity contribution is 5.77. The summed E-state index contributed by atoms with van der Waals surface area (Å²) in [4.78, 5) is 17.2. The first-order valence-electron chi connectivity index (χ1n) is 8.47. The lowest BCUT2D eigenvalue weighted by Gasteiger charge is -2.38. The van der Waals surface area contributed by atoms with E-state index in [0.29, 0.717) is 18.4 Å². The highest BCUT2D eigenvalue weighted by atomic mass is 16.2. The Labute approximate surface area is 122 Å². The zero-order chi connectivity index (χ0) is 14.0. The zero-order valence-corrected chi connectivity index (χ0v) is 12.6. The molecule has 3 rings (SSSR count). The van der Waals surface area contributed by atoms with E-state index >= 15 is 0 Å². The summed E-state index contributed by atoms with van der Waals surface area (Å²) < 4.78 is 0. The van der Waals surface area contributed by atoms with Crippen LogP contribution in [0.2, 0.25) is 0 Å². The first-order valence-corrected chi connectivity index (χ1v) is 8.47. The van der Waals surface area contributed by atoms with E-state index in [9.17, 15) is 4.79 Å². The third-order valence-corrected chi connectivity index (χ3v) is 5.51. The highest BCUT2D eigenvalue weighted by Gasteiger charge is 2.35. The molecule has 1 aliphatic carbocycles. The summed E-state index contributed by atoms with van der Waals surface area (Å²) in [7, 11) is 0. The number of nitrogens with two attached hydrogens (primary N) is 1. The second-order valence-corrected chi connectivity index (χ2v) is 7.13. The van der Waals surface area contributed by atoms with Gasteiger partial charge in [-0.15, -0.1) is 0 Å². The Bertz CT molecular complexity index is 346. The SMILES string of the molecule is NC1(CC(=O)N2CCCC(N3CCCC3)C2)CCCC1. The predicted molar refractivity (Wildman–Crippen MR) is 80.4 cm³/mol. The van der Waals surface area contributed by atoms with Gasteiger partial charge in [-0.05, 0) is 51.6 Å². The molecule has 4 heteroatoms. The van der Waals surface area contributed by atoms with Gasteiger partial charge in [0.25, 0.3) is 0 Å². The standard InChI is InChI=1S/C16H29N3O/c17-16(7-1-2-8-16)12-15(20)19-11-5-6-14(13-19)18-9-3-4-10-18/h14H,1-13,17H2. The van der Waals surface area contributed by atoms with Crippen LogP contribution >= 0.6 is 0 Å². The average molecular weight is 279 g/mol. The molecule has 0 aromatic heterocycles. The fourth-order valence-electron chi connectivity index (χ4n) is 4.25. The Morgan fingerprint density at radius 3 is 2.45 bits per heavy atom. The van der Waals surface area contributed by atoms with Gasteiger partial charge in [-0.2, -0.15) is 0 Å². The normalized spacial score (nSPS) is 30.9. The molecule has 2 saturated heterocycles. The van der Waals surface area contributed by atoms with E-state index in [1.165, 1.54) is 45.2 Å². The van der Waals surface area contributed by atoms with Crippen LogP contribution in [0, 0.1) is 0 Å². The summed E-state index contributed by atoms with van der Waals surface area (Å²) in [6, 6.07) is 0.604. The van der Waals surface area contributed by atoms with Crippen molar-refractivity contribution in [3.05, 3.63) is 0 Å². The number of piperidine rings is 1. The molecule has 2 aliphatic heterocycles. The Balaban J connectivity index is 1.54. The largest absolute Gasteiger partial charge is 0.341 e. The van der Waals surface area contributed by atoms with E-state index in [1.807, 2.05) is 0 Å². The molecule has 20 heavy (non-hydrogen) atoms. The summed E-state index contributed by atoms with van der Waals surface area (Å²) in [5, 5.41) is 0. The first kappa shape index (κ1) is 14.3. The monoisotopic (exact) mass is 279 g/mol. The van der Waals surface area contributed by atoms with Crippen LogP contribution in [0.1, 0.15) is 57.8 Å². The molecule has 0 aromatic rings. The van der Waals surface area contributed by atoms with E-state index in [0.717, 1.165) is 32.4 Å². The number of nitrogens with zero attached hydrogens (tertiary/aromatic N) is 2. The molecule has 4 nitrogen and oxygen atoms in total. The molecule has 0 aromatic carbocycles. The molecule has 3 fully saturated rings. The van der Waals surface area contributed by atoms with Crippen molar-refractivity contribution in [1.29, 1.82) is 0 Å². The molecule has 0 spiro atoms. The molecular formula is C16H29N3O. The molecule has 2 N–H and O–H groups in total. The Morgan fingerprint density at radius 2 is 1.75 bits per heavy atom. The molecule has 0 radical (unpaired) electrons. The Morgan fingerprint density at radius 1 is 1.05 bits per heavy atom. The van der Waals surface area contributed by atoms with Gasteiger partial charge in [0, 0.05) is 31.1 Å². The van der Waals surface area contributed by atoms with Crippen LogP contribution in [-0.2, 0) is 4.79 Å². The lowest BCUT2D eigenvalue weighted by Crippen LogP contribution is -2.51. The number of hydrogen-bond acceptors (Lipinski definition) is 3. The van der Waals surface area contributed by atoms with E-state index in [2.05, 4.69) is 9.80 Å². The summed E-state index contributed by atoms with van der Waals surface area (Å²) in [5.74, 6) is 0.304. The van der Waals surface area contributed by atoms with Crippen LogP contribution in [0.25, 0.3) is 0 Å². The lowest BCUT2D eigenvalue weighted by atomic mass is 9.93. The second kappa shape index (κ2) is 6.02. The van der Waals surface area contributed by atoms with E-state index in [1.54, 1.807) is 0 Å².